The number of carbonyl (C=O) groups excluding carboxylic acids is 2. The molecule has 0 spiro atoms. The largest absolute Gasteiger partial charge is 0.348 e. The van der Waals surface area contributed by atoms with Crippen LogP contribution in [0.1, 0.15) is 28.9 Å². The highest BCUT2D eigenvalue weighted by atomic mass is 79.9. The third-order valence-electron chi connectivity index (χ3n) is 3.22. The average molecular weight is 440 g/mol. The van der Waals surface area contributed by atoms with E-state index in [0.29, 0.717) is 5.56 Å². The number of amides is 2. The average Bonchev–Trinajstić information content (AvgIpc) is 2.52. The minimum absolute atomic E-state index is 0.0658. The van der Waals surface area contributed by atoms with Gasteiger partial charge in [-0.1, -0.05) is 50.1 Å². The SMILES string of the molecule is CC(NC(=O)CNC(=O)c1cccc(Br)c1)c1cccc(Br)c1. The molecule has 6 heteroatoms. The van der Waals surface area contributed by atoms with Gasteiger partial charge < -0.3 is 10.6 Å². The van der Waals surface area contributed by atoms with Crippen LogP contribution in [-0.4, -0.2) is 18.4 Å². The Bertz CT molecular complexity index is 719. The van der Waals surface area contributed by atoms with Gasteiger partial charge in [-0.05, 0) is 42.8 Å². The first kappa shape index (κ1) is 17.7. The van der Waals surface area contributed by atoms with Gasteiger partial charge in [0.2, 0.25) is 5.91 Å². The molecular formula is C17H16Br2N2O2. The second kappa shape index (κ2) is 8.26. The second-order valence-electron chi connectivity index (χ2n) is 5.04. The molecule has 0 saturated heterocycles. The van der Waals surface area contributed by atoms with E-state index in [1.54, 1.807) is 18.2 Å². The summed E-state index contributed by atoms with van der Waals surface area (Å²) in [5.74, 6) is -0.516. The molecule has 0 fully saturated rings. The quantitative estimate of drug-likeness (QED) is 0.743. The van der Waals surface area contributed by atoms with E-state index in [9.17, 15) is 9.59 Å². The zero-order valence-corrected chi connectivity index (χ0v) is 15.6. The monoisotopic (exact) mass is 438 g/mol. The molecule has 0 heterocycles. The lowest BCUT2D eigenvalue weighted by molar-refractivity contribution is -0.120. The number of carbonyl (C=O) groups is 2. The van der Waals surface area contributed by atoms with E-state index >= 15 is 0 Å². The highest BCUT2D eigenvalue weighted by Crippen LogP contribution is 2.17. The Morgan fingerprint density at radius 2 is 1.70 bits per heavy atom. The van der Waals surface area contributed by atoms with Gasteiger partial charge in [0, 0.05) is 14.5 Å². The molecule has 1 atom stereocenters. The summed E-state index contributed by atoms with van der Waals surface area (Å²) in [6, 6.07) is 14.6. The first-order valence-corrected chi connectivity index (χ1v) is 8.63. The van der Waals surface area contributed by atoms with Crippen LogP contribution >= 0.6 is 31.9 Å². The lowest BCUT2D eigenvalue weighted by Gasteiger charge is -2.15. The maximum atomic E-state index is 12.0. The van der Waals surface area contributed by atoms with Crippen molar-refractivity contribution >= 4 is 43.7 Å². The van der Waals surface area contributed by atoms with Crippen molar-refractivity contribution in [1.29, 1.82) is 0 Å². The molecule has 0 aliphatic carbocycles. The number of rotatable bonds is 5. The van der Waals surface area contributed by atoms with E-state index in [2.05, 4.69) is 42.5 Å². The maximum absolute atomic E-state index is 12.0. The van der Waals surface area contributed by atoms with Gasteiger partial charge in [0.05, 0.1) is 12.6 Å². The standard InChI is InChI=1S/C17H16Br2N2O2/c1-11(12-4-2-6-14(18)8-12)21-16(22)10-20-17(23)13-5-3-7-15(19)9-13/h2-9,11H,10H2,1H3,(H,20,23)(H,21,22). The van der Waals surface area contributed by atoms with Crippen LogP contribution in [0.4, 0.5) is 0 Å². The first-order valence-electron chi connectivity index (χ1n) is 7.04. The van der Waals surface area contributed by atoms with Crippen molar-refractivity contribution in [3.8, 4) is 0 Å². The van der Waals surface area contributed by atoms with Crippen molar-refractivity contribution in [3.05, 3.63) is 68.6 Å². The van der Waals surface area contributed by atoms with Crippen molar-refractivity contribution < 1.29 is 9.59 Å². The van der Waals surface area contributed by atoms with Crippen LogP contribution in [-0.2, 0) is 4.79 Å². The fourth-order valence-electron chi connectivity index (χ4n) is 2.04. The zero-order valence-electron chi connectivity index (χ0n) is 12.5. The van der Waals surface area contributed by atoms with Gasteiger partial charge in [0.25, 0.3) is 5.91 Å². The Hall–Kier alpha value is -1.66. The Morgan fingerprint density at radius 1 is 1.04 bits per heavy atom. The van der Waals surface area contributed by atoms with Gasteiger partial charge in [-0.15, -0.1) is 0 Å². The van der Waals surface area contributed by atoms with Crippen molar-refractivity contribution in [1.82, 2.24) is 10.6 Å². The maximum Gasteiger partial charge on any atom is 0.251 e. The van der Waals surface area contributed by atoms with Gasteiger partial charge in [-0.25, -0.2) is 0 Å². The number of hydrogen-bond donors (Lipinski definition) is 2. The van der Waals surface area contributed by atoms with Gasteiger partial charge in [-0.3, -0.25) is 9.59 Å². The molecule has 1 unspecified atom stereocenters. The topological polar surface area (TPSA) is 58.2 Å². The molecule has 2 aromatic rings. The Kier molecular flexibility index (Phi) is 6.36. The fraction of sp³-hybridized carbons (Fsp3) is 0.176. The van der Waals surface area contributed by atoms with Crippen LogP contribution < -0.4 is 10.6 Å². The van der Waals surface area contributed by atoms with Crippen molar-refractivity contribution in [3.63, 3.8) is 0 Å². The summed E-state index contributed by atoms with van der Waals surface area (Å²) in [6.45, 7) is 1.83. The Morgan fingerprint density at radius 3 is 2.35 bits per heavy atom. The third-order valence-corrected chi connectivity index (χ3v) is 4.21. The van der Waals surface area contributed by atoms with Gasteiger partial charge >= 0.3 is 0 Å². The van der Waals surface area contributed by atoms with Crippen LogP contribution in [0, 0.1) is 0 Å². The van der Waals surface area contributed by atoms with Crippen LogP contribution in [0.15, 0.2) is 57.5 Å². The van der Waals surface area contributed by atoms with Crippen LogP contribution in [0.3, 0.4) is 0 Å². The van der Waals surface area contributed by atoms with Gasteiger partial charge in [0.1, 0.15) is 0 Å². The highest BCUT2D eigenvalue weighted by molar-refractivity contribution is 9.10. The molecule has 23 heavy (non-hydrogen) atoms. The van der Waals surface area contributed by atoms with Crippen molar-refractivity contribution in [2.75, 3.05) is 6.54 Å². The summed E-state index contributed by atoms with van der Waals surface area (Å²) in [5.41, 5.74) is 1.50. The number of nitrogens with one attached hydrogen (secondary N) is 2. The van der Waals surface area contributed by atoms with E-state index < -0.39 is 0 Å². The summed E-state index contributed by atoms with van der Waals surface area (Å²) < 4.78 is 1.77. The zero-order chi connectivity index (χ0) is 16.8. The summed E-state index contributed by atoms with van der Waals surface area (Å²) >= 11 is 6.72. The molecule has 0 radical (unpaired) electrons. The molecule has 0 saturated carbocycles. The van der Waals surface area contributed by atoms with Gasteiger partial charge in [0.15, 0.2) is 0 Å². The van der Waals surface area contributed by atoms with Crippen molar-refractivity contribution in [2.45, 2.75) is 13.0 Å². The van der Waals surface area contributed by atoms with Crippen LogP contribution in [0.2, 0.25) is 0 Å². The lowest BCUT2D eigenvalue weighted by atomic mass is 10.1. The number of halogens is 2. The lowest BCUT2D eigenvalue weighted by Crippen LogP contribution is -2.38. The molecule has 0 aromatic heterocycles. The predicted molar refractivity (Wildman–Crippen MR) is 97.2 cm³/mol. The molecule has 2 amide bonds. The molecule has 2 aromatic carbocycles. The molecule has 120 valence electrons. The predicted octanol–water partition coefficient (Wildman–Crippen LogP) is 3.82. The van der Waals surface area contributed by atoms with E-state index in [-0.39, 0.29) is 24.4 Å². The van der Waals surface area contributed by atoms with Gasteiger partial charge in [-0.2, -0.15) is 0 Å². The summed E-state index contributed by atoms with van der Waals surface area (Å²) in [6.07, 6.45) is 0. The van der Waals surface area contributed by atoms with Crippen LogP contribution in [0.5, 0.6) is 0 Å². The molecule has 0 aliphatic heterocycles. The molecule has 4 nitrogen and oxygen atoms in total. The third kappa shape index (κ3) is 5.48. The van der Waals surface area contributed by atoms with E-state index in [4.69, 9.17) is 0 Å². The minimum Gasteiger partial charge on any atom is -0.348 e. The first-order chi connectivity index (χ1) is 11.0. The molecule has 0 aliphatic rings. The smallest absolute Gasteiger partial charge is 0.251 e. The molecule has 2 N–H and O–H groups in total. The highest BCUT2D eigenvalue weighted by Gasteiger charge is 2.12. The molecular weight excluding hydrogens is 424 g/mol. The number of hydrogen-bond acceptors (Lipinski definition) is 2. The summed E-state index contributed by atoms with van der Waals surface area (Å²) in [7, 11) is 0. The normalized spacial score (nSPS) is 11.6. The van der Waals surface area contributed by atoms with E-state index in [0.717, 1.165) is 14.5 Å². The Balaban J connectivity index is 1.86. The Labute approximate surface area is 151 Å². The fourth-order valence-corrected chi connectivity index (χ4v) is 2.86. The number of benzene rings is 2. The van der Waals surface area contributed by atoms with Crippen LogP contribution in [0.25, 0.3) is 0 Å². The molecule has 2 rings (SSSR count). The van der Waals surface area contributed by atoms with E-state index in [1.165, 1.54) is 0 Å². The second-order valence-corrected chi connectivity index (χ2v) is 6.87. The van der Waals surface area contributed by atoms with E-state index in [1.807, 2.05) is 37.3 Å². The summed E-state index contributed by atoms with van der Waals surface area (Å²) in [4.78, 5) is 24.0. The summed E-state index contributed by atoms with van der Waals surface area (Å²) in [5, 5.41) is 5.47. The minimum atomic E-state index is -0.281. The molecule has 0 bridgehead atoms. The van der Waals surface area contributed by atoms with Crippen molar-refractivity contribution in [2.24, 2.45) is 0 Å².